The van der Waals surface area contributed by atoms with E-state index in [1.807, 2.05) is 13.8 Å². The van der Waals surface area contributed by atoms with Crippen LogP contribution in [0, 0.1) is 0 Å². The highest BCUT2D eigenvalue weighted by molar-refractivity contribution is 5.10. The summed E-state index contributed by atoms with van der Waals surface area (Å²) in [7, 11) is 0. The second kappa shape index (κ2) is 4.46. The van der Waals surface area contributed by atoms with Gasteiger partial charge in [0.25, 0.3) is 0 Å². The second-order valence-corrected chi connectivity index (χ2v) is 3.31. The molecule has 0 N–H and O–H groups in total. The Balaban J connectivity index is 2.66. The van der Waals surface area contributed by atoms with Crippen LogP contribution in [0.2, 0.25) is 0 Å². The molecule has 0 atom stereocenters. The van der Waals surface area contributed by atoms with Crippen molar-refractivity contribution < 1.29 is 17.9 Å². The van der Waals surface area contributed by atoms with Crippen molar-refractivity contribution in [3.8, 4) is 5.88 Å². The van der Waals surface area contributed by atoms with Gasteiger partial charge in [0.05, 0.1) is 0 Å². The fourth-order valence-corrected chi connectivity index (χ4v) is 0.871. The molecule has 0 aromatic carbocycles. The highest BCUT2D eigenvalue weighted by Gasteiger charge is 2.28. The Kier molecular flexibility index (Phi) is 3.49. The van der Waals surface area contributed by atoms with Crippen molar-refractivity contribution >= 4 is 0 Å². The van der Waals surface area contributed by atoms with E-state index in [1.54, 1.807) is 0 Å². The molecule has 0 bridgehead atoms. The summed E-state index contributed by atoms with van der Waals surface area (Å²) in [5.74, 6) is 0.472. The Morgan fingerprint density at radius 2 is 2.07 bits per heavy atom. The molecule has 1 heterocycles. The van der Waals surface area contributed by atoms with Crippen molar-refractivity contribution in [1.82, 2.24) is 9.97 Å². The lowest BCUT2D eigenvalue weighted by Gasteiger charge is -2.09. The van der Waals surface area contributed by atoms with Crippen molar-refractivity contribution in [3.05, 3.63) is 18.1 Å². The predicted octanol–water partition coefficient (Wildman–Crippen LogP) is 2.54. The fourth-order valence-electron chi connectivity index (χ4n) is 0.871. The first-order chi connectivity index (χ1) is 6.88. The number of alkyl halides is 3. The summed E-state index contributed by atoms with van der Waals surface area (Å²) in [4.78, 5) is 7.75. The van der Waals surface area contributed by atoms with Gasteiger partial charge in [-0.2, -0.15) is 18.2 Å². The van der Waals surface area contributed by atoms with Crippen LogP contribution >= 0.6 is 0 Å². The third kappa shape index (κ3) is 4.14. The quantitative estimate of drug-likeness (QED) is 0.785. The first-order valence-corrected chi connectivity index (χ1v) is 4.41. The summed E-state index contributed by atoms with van der Waals surface area (Å²) in [6, 6.07) is 1.30. The molecule has 1 aromatic heterocycles. The normalized spacial score (nSPS) is 11.9. The van der Waals surface area contributed by atoms with Gasteiger partial charge in [0.1, 0.15) is 5.82 Å². The second-order valence-electron chi connectivity index (χ2n) is 3.31. The number of hydrogen-bond donors (Lipinski definition) is 0. The van der Waals surface area contributed by atoms with Crippen molar-refractivity contribution in [1.29, 1.82) is 0 Å². The summed E-state index contributed by atoms with van der Waals surface area (Å²) in [6.07, 6.45) is -2.96. The van der Waals surface area contributed by atoms with Crippen LogP contribution in [-0.2, 0) is 0 Å². The van der Waals surface area contributed by atoms with E-state index < -0.39 is 12.8 Å². The fraction of sp³-hybridized carbons (Fsp3) is 0.556. The minimum absolute atomic E-state index is 0.0500. The Labute approximate surface area is 85.3 Å². The number of nitrogens with zero attached hydrogens (tertiary/aromatic N) is 2. The maximum absolute atomic E-state index is 11.8. The van der Waals surface area contributed by atoms with E-state index in [4.69, 9.17) is 0 Å². The Morgan fingerprint density at radius 3 is 2.60 bits per heavy atom. The Morgan fingerprint density at radius 1 is 1.40 bits per heavy atom. The van der Waals surface area contributed by atoms with E-state index in [0.29, 0.717) is 5.82 Å². The van der Waals surface area contributed by atoms with Crippen LogP contribution < -0.4 is 4.74 Å². The minimum atomic E-state index is -4.34. The van der Waals surface area contributed by atoms with E-state index in [2.05, 4.69) is 14.7 Å². The lowest BCUT2D eigenvalue weighted by molar-refractivity contribution is -0.154. The van der Waals surface area contributed by atoms with Crippen LogP contribution in [0.1, 0.15) is 25.6 Å². The molecule has 3 nitrogen and oxygen atoms in total. The molecule has 0 spiro atoms. The number of halogens is 3. The number of aromatic nitrogens is 2. The van der Waals surface area contributed by atoms with Crippen LogP contribution in [0.5, 0.6) is 5.88 Å². The molecule has 0 amide bonds. The van der Waals surface area contributed by atoms with Crippen LogP contribution in [0.3, 0.4) is 0 Å². The van der Waals surface area contributed by atoms with Crippen molar-refractivity contribution in [2.75, 3.05) is 6.61 Å². The van der Waals surface area contributed by atoms with Gasteiger partial charge in [0.15, 0.2) is 6.61 Å². The molecule has 1 aromatic rings. The van der Waals surface area contributed by atoms with E-state index in [9.17, 15) is 13.2 Å². The molecule has 0 fully saturated rings. The van der Waals surface area contributed by atoms with Gasteiger partial charge in [-0.25, -0.2) is 4.98 Å². The van der Waals surface area contributed by atoms with Gasteiger partial charge in [0.2, 0.25) is 5.88 Å². The molecule has 0 aliphatic carbocycles. The summed E-state index contributed by atoms with van der Waals surface area (Å²) in [5, 5.41) is 0. The average Bonchev–Trinajstić information content (AvgIpc) is 2.14. The van der Waals surface area contributed by atoms with Gasteiger partial charge >= 0.3 is 6.18 Å². The monoisotopic (exact) mass is 220 g/mol. The minimum Gasteiger partial charge on any atom is -0.468 e. The van der Waals surface area contributed by atoms with E-state index in [-0.39, 0.29) is 11.8 Å². The van der Waals surface area contributed by atoms with Gasteiger partial charge in [-0.15, -0.1) is 0 Å². The Hall–Kier alpha value is -1.33. The number of rotatable bonds is 3. The standard InChI is InChI=1S/C9H11F3N2O/c1-6(2)8-13-4-3-7(14-8)15-5-9(10,11)12/h3-4,6H,5H2,1-2H3. The summed E-state index contributed by atoms with van der Waals surface area (Å²) in [6.45, 7) is 2.37. The molecule has 0 saturated heterocycles. The zero-order valence-corrected chi connectivity index (χ0v) is 8.38. The molecule has 0 aliphatic rings. The molecule has 0 aliphatic heterocycles. The van der Waals surface area contributed by atoms with E-state index in [0.717, 1.165) is 0 Å². The predicted molar refractivity (Wildman–Crippen MR) is 47.7 cm³/mol. The van der Waals surface area contributed by atoms with E-state index >= 15 is 0 Å². The van der Waals surface area contributed by atoms with Crippen LogP contribution in [0.15, 0.2) is 12.3 Å². The van der Waals surface area contributed by atoms with Crippen LogP contribution in [0.25, 0.3) is 0 Å². The molecule has 6 heteroatoms. The van der Waals surface area contributed by atoms with Crippen LogP contribution in [0.4, 0.5) is 13.2 Å². The number of hydrogen-bond acceptors (Lipinski definition) is 3. The zero-order chi connectivity index (χ0) is 11.5. The molecule has 0 radical (unpaired) electrons. The molecule has 15 heavy (non-hydrogen) atoms. The smallest absolute Gasteiger partial charge is 0.422 e. The lowest BCUT2D eigenvalue weighted by atomic mass is 10.2. The largest absolute Gasteiger partial charge is 0.468 e. The maximum atomic E-state index is 11.8. The van der Waals surface area contributed by atoms with Crippen molar-refractivity contribution in [3.63, 3.8) is 0 Å². The summed E-state index contributed by atoms with van der Waals surface area (Å²) in [5.41, 5.74) is 0. The van der Waals surface area contributed by atoms with Gasteiger partial charge in [0, 0.05) is 18.2 Å². The Bertz CT molecular complexity index is 325. The van der Waals surface area contributed by atoms with Gasteiger partial charge in [-0.1, -0.05) is 13.8 Å². The highest BCUT2D eigenvalue weighted by Crippen LogP contribution is 2.18. The maximum Gasteiger partial charge on any atom is 0.422 e. The number of ether oxygens (including phenoxy) is 1. The molecule has 0 unspecified atom stereocenters. The average molecular weight is 220 g/mol. The molecule has 84 valence electrons. The molecule has 0 saturated carbocycles. The van der Waals surface area contributed by atoms with Gasteiger partial charge in [-0.05, 0) is 0 Å². The summed E-state index contributed by atoms with van der Waals surface area (Å²) >= 11 is 0. The topological polar surface area (TPSA) is 35.0 Å². The van der Waals surface area contributed by atoms with Gasteiger partial charge < -0.3 is 4.74 Å². The summed E-state index contributed by atoms with van der Waals surface area (Å²) < 4.78 is 40.0. The molecule has 1 rings (SSSR count). The van der Waals surface area contributed by atoms with Crippen LogP contribution in [-0.4, -0.2) is 22.8 Å². The first-order valence-electron chi connectivity index (χ1n) is 4.41. The molecular weight excluding hydrogens is 209 g/mol. The van der Waals surface area contributed by atoms with Crippen molar-refractivity contribution in [2.45, 2.75) is 25.9 Å². The van der Waals surface area contributed by atoms with Crippen molar-refractivity contribution in [2.24, 2.45) is 0 Å². The third-order valence-electron chi connectivity index (χ3n) is 1.55. The lowest BCUT2D eigenvalue weighted by Crippen LogP contribution is -2.19. The van der Waals surface area contributed by atoms with Gasteiger partial charge in [-0.3, -0.25) is 0 Å². The van der Waals surface area contributed by atoms with E-state index in [1.165, 1.54) is 12.3 Å². The molecular formula is C9H11F3N2O. The zero-order valence-electron chi connectivity index (χ0n) is 8.38. The first kappa shape index (κ1) is 11.7. The third-order valence-corrected chi connectivity index (χ3v) is 1.55. The SMILES string of the molecule is CC(C)c1nccc(OCC(F)(F)F)n1. The highest BCUT2D eigenvalue weighted by atomic mass is 19.4.